The van der Waals surface area contributed by atoms with Crippen LogP contribution in [-0.2, 0) is 11.2 Å². The average molecular weight is 380 g/mol. The molecule has 0 fully saturated rings. The summed E-state index contributed by atoms with van der Waals surface area (Å²) in [5.74, 6) is -0.281. The van der Waals surface area contributed by atoms with Gasteiger partial charge in [0, 0.05) is 11.0 Å². The molecule has 4 nitrogen and oxygen atoms in total. The van der Waals surface area contributed by atoms with Crippen LogP contribution in [0.25, 0.3) is 0 Å². The van der Waals surface area contributed by atoms with E-state index in [1.54, 1.807) is 36.4 Å². The maximum atomic E-state index is 13.4. The van der Waals surface area contributed by atoms with Crippen molar-refractivity contribution in [2.24, 2.45) is 0 Å². The predicted molar refractivity (Wildman–Crippen MR) is 88.1 cm³/mol. The third-order valence-electron chi connectivity index (χ3n) is 3.13. The quantitative estimate of drug-likeness (QED) is 0.751. The van der Waals surface area contributed by atoms with Gasteiger partial charge in [-0.05, 0) is 36.2 Å². The maximum Gasteiger partial charge on any atom is 0.257 e. The Morgan fingerprint density at radius 2 is 2.04 bits per heavy atom. The molecule has 0 aliphatic carbocycles. The third-order valence-corrected chi connectivity index (χ3v) is 3.63. The fraction of sp³-hybridized carbons (Fsp3) is 0.176. The minimum absolute atomic E-state index is 0.209. The molecule has 23 heavy (non-hydrogen) atoms. The summed E-state index contributed by atoms with van der Waals surface area (Å²) in [4.78, 5) is 22.7. The smallest absolute Gasteiger partial charge is 0.257 e. The number of carbonyl (C=O) groups is 2. The van der Waals surface area contributed by atoms with Gasteiger partial charge in [0.05, 0.1) is 5.56 Å². The van der Waals surface area contributed by atoms with E-state index in [0.717, 1.165) is 4.47 Å². The van der Waals surface area contributed by atoms with Crippen LogP contribution >= 0.6 is 15.9 Å². The normalized spacial score (nSPS) is 10.2. The molecule has 6 heteroatoms. The number of carbonyl (C=O) groups excluding carboxylic acids is 2. The summed E-state index contributed by atoms with van der Waals surface area (Å²) < 4.78 is 19.5. The molecule has 0 radical (unpaired) electrons. The second-order valence-corrected chi connectivity index (χ2v) is 5.70. The zero-order valence-corrected chi connectivity index (χ0v) is 13.8. The van der Waals surface area contributed by atoms with Gasteiger partial charge in [0.25, 0.3) is 5.91 Å². The molecule has 0 heterocycles. The first-order valence-electron chi connectivity index (χ1n) is 6.98. The molecule has 0 aliphatic heterocycles. The Hall–Kier alpha value is -2.21. The average Bonchev–Trinajstić information content (AvgIpc) is 2.55. The fourth-order valence-corrected chi connectivity index (χ4v) is 2.35. The molecule has 0 unspecified atom stereocenters. The fourth-order valence-electron chi connectivity index (χ4n) is 1.97. The largest absolute Gasteiger partial charge is 0.483 e. The van der Waals surface area contributed by atoms with Crippen LogP contribution in [0.2, 0.25) is 0 Å². The van der Waals surface area contributed by atoms with Crippen LogP contribution in [0.3, 0.4) is 0 Å². The van der Waals surface area contributed by atoms with Gasteiger partial charge in [0.15, 0.2) is 12.9 Å². The molecule has 0 saturated heterocycles. The molecule has 0 atom stereocenters. The van der Waals surface area contributed by atoms with Gasteiger partial charge in [-0.3, -0.25) is 9.59 Å². The van der Waals surface area contributed by atoms with Crippen molar-refractivity contribution in [1.82, 2.24) is 5.32 Å². The maximum absolute atomic E-state index is 13.4. The number of nitrogens with one attached hydrogen (secondary N) is 1. The van der Waals surface area contributed by atoms with Gasteiger partial charge in [-0.25, -0.2) is 4.39 Å². The van der Waals surface area contributed by atoms with Gasteiger partial charge in [-0.15, -0.1) is 0 Å². The second-order valence-electron chi connectivity index (χ2n) is 4.78. The van der Waals surface area contributed by atoms with E-state index in [1.807, 2.05) is 0 Å². The van der Waals surface area contributed by atoms with Gasteiger partial charge < -0.3 is 10.1 Å². The summed E-state index contributed by atoms with van der Waals surface area (Å²) >= 11 is 3.25. The molecule has 2 rings (SSSR count). The lowest BCUT2D eigenvalue weighted by atomic mass is 10.1. The Labute approximate surface area is 141 Å². The number of aldehydes is 1. The molecule has 0 saturated carbocycles. The first-order chi connectivity index (χ1) is 11.1. The Balaban J connectivity index is 1.79. The first kappa shape index (κ1) is 17.1. The zero-order valence-electron chi connectivity index (χ0n) is 12.2. The number of halogens is 2. The molecule has 0 bridgehead atoms. The lowest BCUT2D eigenvalue weighted by Gasteiger charge is -2.09. The van der Waals surface area contributed by atoms with Crippen LogP contribution < -0.4 is 10.1 Å². The minimum Gasteiger partial charge on any atom is -0.483 e. The molecular weight excluding hydrogens is 365 g/mol. The van der Waals surface area contributed by atoms with Crippen LogP contribution in [0.5, 0.6) is 5.75 Å². The van der Waals surface area contributed by atoms with Crippen molar-refractivity contribution >= 4 is 28.1 Å². The van der Waals surface area contributed by atoms with E-state index < -0.39 is 0 Å². The molecule has 2 aromatic rings. The van der Waals surface area contributed by atoms with E-state index in [9.17, 15) is 14.0 Å². The Morgan fingerprint density at radius 1 is 1.26 bits per heavy atom. The SMILES string of the molecule is O=Cc1cc(Br)ccc1OCC(=O)NCCc1ccccc1F. The summed E-state index contributed by atoms with van der Waals surface area (Å²) in [6.07, 6.45) is 1.06. The predicted octanol–water partition coefficient (Wildman–Crippen LogP) is 3.14. The first-order valence-corrected chi connectivity index (χ1v) is 7.77. The number of hydrogen-bond donors (Lipinski definition) is 1. The van der Waals surface area contributed by atoms with Crippen molar-refractivity contribution in [2.75, 3.05) is 13.2 Å². The van der Waals surface area contributed by atoms with Crippen molar-refractivity contribution in [1.29, 1.82) is 0 Å². The van der Waals surface area contributed by atoms with Gasteiger partial charge in [-0.2, -0.15) is 0 Å². The van der Waals surface area contributed by atoms with E-state index in [0.29, 0.717) is 36.1 Å². The third kappa shape index (κ3) is 5.17. The Kier molecular flexibility index (Phi) is 6.29. The van der Waals surface area contributed by atoms with Crippen molar-refractivity contribution < 1.29 is 18.7 Å². The molecule has 1 amide bonds. The lowest BCUT2D eigenvalue weighted by Crippen LogP contribution is -2.30. The van der Waals surface area contributed by atoms with E-state index in [1.165, 1.54) is 6.07 Å². The minimum atomic E-state index is -0.332. The van der Waals surface area contributed by atoms with Crippen LogP contribution in [-0.4, -0.2) is 25.3 Å². The molecule has 1 N–H and O–H groups in total. The van der Waals surface area contributed by atoms with Crippen LogP contribution in [0.15, 0.2) is 46.9 Å². The van der Waals surface area contributed by atoms with Crippen molar-refractivity contribution in [3.05, 3.63) is 63.9 Å². The van der Waals surface area contributed by atoms with Crippen molar-refractivity contribution in [2.45, 2.75) is 6.42 Å². The van der Waals surface area contributed by atoms with Crippen molar-refractivity contribution in [3.63, 3.8) is 0 Å². The van der Waals surface area contributed by atoms with Crippen LogP contribution in [0.1, 0.15) is 15.9 Å². The number of rotatable bonds is 7. The molecule has 120 valence electrons. The molecule has 0 aliphatic rings. The summed E-state index contributed by atoms with van der Waals surface area (Å²) in [5, 5.41) is 2.65. The lowest BCUT2D eigenvalue weighted by molar-refractivity contribution is -0.123. The Bertz CT molecular complexity index is 706. The highest BCUT2D eigenvalue weighted by Gasteiger charge is 2.07. The van der Waals surface area contributed by atoms with E-state index >= 15 is 0 Å². The Morgan fingerprint density at radius 3 is 2.78 bits per heavy atom. The standard InChI is InChI=1S/C17H15BrFNO3/c18-14-5-6-16(13(9-14)10-21)23-11-17(22)20-8-7-12-3-1-2-4-15(12)19/h1-6,9-10H,7-8,11H2,(H,20,22). The summed E-state index contributed by atoms with van der Waals surface area (Å²) in [6, 6.07) is 11.4. The summed E-state index contributed by atoms with van der Waals surface area (Å²) in [7, 11) is 0. The summed E-state index contributed by atoms with van der Waals surface area (Å²) in [6.45, 7) is 0.101. The highest BCUT2D eigenvalue weighted by molar-refractivity contribution is 9.10. The second kappa shape index (κ2) is 8.43. The monoisotopic (exact) mass is 379 g/mol. The van der Waals surface area contributed by atoms with Crippen LogP contribution in [0.4, 0.5) is 4.39 Å². The van der Waals surface area contributed by atoms with Gasteiger partial charge >= 0.3 is 0 Å². The van der Waals surface area contributed by atoms with Gasteiger partial charge in [0.1, 0.15) is 11.6 Å². The number of hydrogen-bond acceptors (Lipinski definition) is 3. The van der Waals surface area contributed by atoms with Crippen LogP contribution in [0, 0.1) is 5.82 Å². The molecule has 0 spiro atoms. The summed E-state index contributed by atoms with van der Waals surface area (Å²) in [5.41, 5.74) is 0.906. The molecule has 0 aromatic heterocycles. The topological polar surface area (TPSA) is 55.4 Å². The van der Waals surface area contributed by atoms with Gasteiger partial charge in [-0.1, -0.05) is 34.1 Å². The number of ether oxygens (including phenoxy) is 1. The zero-order chi connectivity index (χ0) is 16.7. The molecular formula is C17H15BrFNO3. The van der Waals surface area contributed by atoms with E-state index in [-0.39, 0.29) is 18.3 Å². The number of amides is 1. The van der Waals surface area contributed by atoms with Gasteiger partial charge in [0.2, 0.25) is 0 Å². The van der Waals surface area contributed by atoms with Crippen molar-refractivity contribution in [3.8, 4) is 5.75 Å². The highest BCUT2D eigenvalue weighted by Crippen LogP contribution is 2.21. The van der Waals surface area contributed by atoms with E-state index in [2.05, 4.69) is 21.2 Å². The molecule has 2 aromatic carbocycles. The van der Waals surface area contributed by atoms with E-state index in [4.69, 9.17) is 4.74 Å². The number of benzene rings is 2. The highest BCUT2D eigenvalue weighted by atomic mass is 79.9.